The van der Waals surface area contributed by atoms with E-state index in [0.29, 0.717) is 17.4 Å². The van der Waals surface area contributed by atoms with Crippen LogP contribution < -0.4 is 4.74 Å². The molecule has 0 N–H and O–H groups in total. The first-order chi connectivity index (χ1) is 6.72. The van der Waals surface area contributed by atoms with Crippen molar-refractivity contribution in [3.8, 4) is 5.75 Å². The van der Waals surface area contributed by atoms with Gasteiger partial charge in [-0.3, -0.25) is 4.79 Å². The summed E-state index contributed by atoms with van der Waals surface area (Å²) in [6, 6.07) is 2.43. The number of aldehydes is 1. The van der Waals surface area contributed by atoms with Gasteiger partial charge in [-0.25, -0.2) is 4.39 Å². The highest BCUT2D eigenvalue weighted by molar-refractivity contribution is 5.81. The predicted octanol–water partition coefficient (Wildman–Crippen LogP) is 1.79. The topological polar surface area (TPSA) is 35.5 Å². The summed E-state index contributed by atoms with van der Waals surface area (Å²) < 4.78 is 22.7. The summed E-state index contributed by atoms with van der Waals surface area (Å²) in [6.45, 7) is 0.183. The minimum Gasteiger partial charge on any atom is -0.496 e. The first kappa shape index (κ1) is 10.7. The maximum Gasteiger partial charge on any atom is 0.154 e. The first-order valence-electron chi connectivity index (χ1n) is 4.03. The molecule has 1 aromatic carbocycles. The SMILES string of the molecule is COCc1cc(F)cc(OC)c1C=O. The molecule has 0 saturated carbocycles. The van der Waals surface area contributed by atoms with Gasteiger partial charge in [-0.2, -0.15) is 0 Å². The second-order valence-corrected chi connectivity index (χ2v) is 2.73. The third kappa shape index (κ3) is 2.09. The Morgan fingerprint density at radius 1 is 1.43 bits per heavy atom. The van der Waals surface area contributed by atoms with Crippen LogP contribution >= 0.6 is 0 Å². The fraction of sp³-hybridized carbons (Fsp3) is 0.300. The Balaban J connectivity index is 3.24. The Bertz CT molecular complexity index is 336. The van der Waals surface area contributed by atoms with E-state index in [9.17, 15) is 9.18 Å². The molecular weight excluding hydrogens is 187 g/mol. The van der Waals surface area contributed by atoms with Crippen molar-refractivity contribution in [3.63, 3.8) is 0 Å². The zero-order valence-electron chi connectivity index (χ0n) is 8.04. The second kappa shape index (κ2) is 4.72. The van der Waals surface area contributed by atoms with Gasteiger partial charge in [0, 0.05) is 13.2 Å². The lowest BCUT2D eigenvalue weighted by Crippen LogP contribution is -2.00. The highest BCUT2D eigenvalue weighted by atomic mass is 19.1. The largest absolute Gasteiger partial charge is 0.496 e. The molecule has 0 spiro atoms. The van der Waals surface area contributed by atoms with Crippen molar-refractivity contribution in [3.05, 3.63) is 29.1 Å². The molecule has 0 saturated heterocycles. The van der Waals surface area contributed by atoms with Crippen LogP contribution in [0.2, 0.25) is 0 Å². The monoisotopic (exact) mass is 198 g/mol. The van der Waals surface area contributed by atoms with Crippen LogP contribution in [0.5, 0.6) is 5.75 Å². The number of hydrogen-bond acceptors (Lipinski definition) is 3. The van der Waals surface area contributed by atoms with Crippen LogP contribution in [0.3, 0.4) is 0 Å². The van der Waals surface area contributed by atoms with Crippen molar-refractivity contribution in [1.82, 2.24) is 0 Å². The molecule has 1 rings (SSSR count). The molecule has 4 heteroatoms. The van der Waals surface area contributed by atoms with Gasteiger partial charge in [0.05, 0.1) is 19.3 Å². The predicted molar refractivity (Wildman–Crippen MR) is 49.1 cm³/mol. The summed E-state index contributed by atoms with van der Waals surface area (Å²) in [5, 5.41) is 0. The molecule has 0 aromatic heterocycles. The van der Waals surface area contributed by atoms with Crippen molar-refractivity contribution >= 4 is 6.29 Å². The minimum atomic E-state index is -0.445. The Kier molecular flexibility index (Phi) is 3.59. The normalized spacial score (nSPS) is 9.93. The molecule has 0 aliphatic rings. The van der Waals surface area contributed by atoms with Gasteiger partial charge in [-0.05, 0) is 11.6 Å². The average Bonchev–Trinajstić information content (AvgIpc) is 2.17. The van der Waals surface area contributed by atoms with Gasteiger partial charge in [-0.1, -0.05) is 0 Å². The van der Waals surface area contributed by atoms with Crippen LogP contribution in [-0.4, -0.2) is 20.5 Å². The molecular formula is C10H11FO3. The maximum absolute atomic E-state index is 13.0. The molecule has 0 radical (unpaired) electrons. The highest BCUT2D eigenvalue weighted by Crippen LogP contribution is 2.22. The molecule has 1 aromatic rings. The third-order valence-corrected chi connectivity index (χ3v) is 1.83. The summed E-state index contributed by atoms with van der Waals surface area (Å²) in [4.78, 5) is 10.7. The Morgan fingerprint density at radius 3 is 2.64 bits per heavy atom. The molecule has 0 heterocycles. The minimum absolute atomic E-state index is 0.183. The van der Waals surface area contributed by atoms with Crippen LogP contribution in [0, 0.1) is 5.82 Å². The van der Waals surface area contributed by atoms with Crippen molar-refractivity contribution < 1.29 is 18.7 Å². The van der Waals surface area contributed by atoms with E-state index in [1.54, 1.807) is 0 Å². The van der Waals surface area contributed by atoms with E-state index in [0.717, 1.165) is 0 Å². The molecule has 0 bridgehead atoms. The number of carbonyl (C=O) groups excluding carboxylic acids is 1. The Hall–Kier alpha value is -1.42. The molecule has 0 unspecified atom stereocenters. The van der Waals surface area contributed by atoms with Crippen molar-refractivity contribution in [2.45, 2.75) is 6.61 Å². The molecule has 0 fully saturated rings. The summed E-state index contributed by atoms with van der Waals surface area (Å²) in [6.07, 6.45) is 0.632. The Labute approximate surface area is 81.4 Å². The average molecular weight is 198 g/mol. The highest BCUT2D eigenvalue weighted by Gasteiger charge is 2.10. The lowest BCUT2D eigenvalue weighted by atomic mass is 10.1. The lowest BCUT2D eigenvalue weighted by Gasteiger charge is -2.08. The lowest BCUT2D eigenvalue weighted by molar-refractivity contribution is 0.111. The van der Waals surface area contributed by atoms with Gasteiger partial charge < -0.3 is 9.47 Å². The van der Waals surface area contributed by atoms with E-state index in [4.69, 9.17) is 9.47 Å². The van der Waals surface area contributed by atoms with Crippen molar-refractivity contribution in [1.29, 1.82) is 0 Å². The second-order valence-electron chi connectivity index (χ2n) is 2.73. The van der Waals surface area contributed by atoms with Gasteiger partial charge in [0.1, 0.15) is 11.6 Å². The van der Waals surface area contributed by atoms with E-state index < -0.39 is 5.82 Å². The molecule has 14 heavy (non-hydrogen) atoms. The van der Waals surface area contributed by atoms with E-state index in [1.165, 1.54) is 26.4 Å². The zero-order chi connectivity index (χ0) is 10.6. The molecule has 3 nitrogen and oxygen atoms in total. The quantitative estimate of drug-likeness (QED) is 0.692. The first-order valence-corrected chi connectivity index (χ1v) is 4.03. The Morgan fingerprint density at radius 2 is 2.14 bits per heavy atom. The number of methoxy groups -OCH3 is 2. The van der Waals surface area contributed by atoms with Crippen LogP contribution in [0.25, 0.3) is 0 Å². The number of benzene rings is 1. The fourth-order valence-corrected chi connectivity index (χ4v) is 1.22. The van der Waals surface area contributed by atoms with Crippen LogP contribution in [0.1, 0.15) is 15.9 Å². The van der Waals surface area contributed by atoms with Crippen LogP contribution in [0.15, 0.2) is 12.1 Å². The van der Waals surface area contributed by atoms with Crippen molar-refractivity contribution in [2.24, 2.45) is 0 Å². The number of rotatable bonds is 4. The van der Waals surface area contributed by atoms with Gasteiger partial charge in [0.2, 0.25) is 0 Å². The smallest absolute Gasteiger partial charge is 0.154 e. The summed E-state index contributed by atoms with van der Waals surface area (Å²) in [7, 11) is 2.87. The maximum atomic E-state index is 13.0. The zero-order valence-corrected chi connectivity index (χ0v) is 8.04. The van der Waals surface area contributed by atoms with Crippen molar-refractivity contribution in [2.75, 3.05) is 14.2 Å². The molecule has 0 atom stereocenters. The number of ether oxygens (including phenoxy) is 2. The number of carbonyl (C=O) groups is 1. The van der Waals surface area contributed by atoms with Gasteiger partial charge >= 0.3 is 0 Å². The van der Waals surface area contributed by atoms with Gasteiger partial charge in [0.15, 0.2) is 6.29 Å². The standard InChI is InChI=1S/C10H11FO3/c1-13-6-7-3-8(11)4-10(14-2)9(7)5-12/h3-5H,6H2,1-2H3. The van der Waals surface area contributed by atoms with Gasteiger partial charge in [0.25, 0.3) is 0 Å². The summed E-state index contributed by atoms with van der Waals surface area (Å²) in [5.41, 5.74) is 0.815. The van der Waals surface area contributed by atoms with E-state index >= 15 is 0 Å². The molecule has 0 aliphatic heterocycles. The summed E-state index contributed by atoms with van der Waals surface area (Å²) in [5.74, 6) is -0.216. The molecule has 0 aliphatic carbocycles. The van der Waals surface area contributed by atoms with Crippen LogP contribution in [0.4, 0.5) is 4.39 Å². The van der Waals surface area contributed by atoms with E-state index in [-0.39, 0.29) is 12.4 Å². The molecule has 0 amide bonds. The van der Waals surface area contributed by atoms with Gasteiger partial charge in [-0.15, -0.1) is 0 Å². The summed E-state index contributed by atoms with van der Waals surface area (Å²) >= 11 is 0. The van der Waals surface area contributed by atoms with Crippen LogP contribution in [-0.2, 0) is 11.3 Å². The third-order valence-electron chi connectivity index (χ3n) is 1.83. The number of hydrogen-bond donors (Lipinski definition) is 0. The van der Waals surface area contributed by atoms with E-state index in [2.05, 4.69) is 0 Å². The van der Waals surface area contributed by atoms with E-state index in [1.807, 2.05) is 0 Å². The fourth-order valence-electron chi connectivity index (χ4n) is 1.22. The molecule has 76 valence electrons. The number of halogens is 1.